The molecule has 1 aromatic heterocycles. The summed E-state index contributed by atoms with van der Waals surface area (Å²) < 4.78 is 24.4. The standard InChI is InChI=1S/C16H17FN4O4S/c1-9(24-12-5-3-2-4-11(12)17)14-20-21-16(25-14)26-8-13(22)19-15(23)18-10-6-7-10/h2-5,9-10H,6-8H2,1H3,(H2,18,19,22,23)/t9-/m0/s1. The Morgan fingerprint density at radius 2 is 2.15 bits per heavy atom. The Labute approximate surface area is 152 Å². The predicted molar refractivity (Wildman–Crippen MR) is 90.2 cm³/mol. The van der Waals surface area contributed by atoms with Crippen molar-refractivity contribution in [1.82, 2.24) is 20.8 Å². The maximum atomic E-state index is 13.6. The molecule has 2 N–H and O–H groups in total. The molecule has 138 valence electrons. The maximum Gasteiger partial charge on any atom is 0.321 e. The normalized spacial score (nSPS) is 14.5. The number of ether oxygens (including phenoxy) is 1. The molecule has 1 saturated carbocycles. The average molecular weight is 380 g/mol. The van der Waals surface area contributed by atoms with E-state index in [0.717, 1.165) is 24.6 Å². The molecule has 0 spiro atoms. The van der Waals surface area contributed by atoms with Crippen molar-refractivity contribution < 1.29 is 23.1 Å². The summed E-state index contributed by atoms with van der Waals surface area (Å²) in [7, 11) is 0. The molecular weight excluding hydrogens is 363 g/mol. The predicted octanol–water partition coefficient (Wildman–Crippen LogP) is 2.43. The number of rotatable bonds is 7. The molecule has 1 aliphatic carbocycles. The zero-order valence-corrected chi connectivity index (χ0v) is 14.7. The second-order valence-corrected chi connectivity index (χ2v) is 6.61. The third-order valence-electron chi connectivity index (χ3n) is 3.40. The van der Waals surface area contributed by atoms with Crippen molar-refractivity contribution >= 4 is 23.7 Å². The van der Waals surface area contributed by atoms with Gasteiger partial charge < -0.3 is 14.5 Å². The molecule has 26 heavy (non-hydrogen) atoms. The number of carbonyl (C=O) groups is 2. The lowest BCUT2D eigenvalue weighted by atomic mass is 10.3. The van der Waals surface area contributed by atoms with Gasteiger partial charge in [-0.2, -0.15) is 0 Å². The van der Waals surface area contributed by atoms with E-state index in [1.54, 1.807) is 19.1 Å². The van der Waals surface area contributed by atoms with Crippen molar-refractivity contribution in [2.45, 2.75) is 37.1 Å². The van der Waals surface area contributed by atoms with Gasteiger partial charge in [0.25, 0.3) is 11.1 Å². The topological polar surface area (TPSA) is 106 Å². The smallest absolute Gasteiger partial charge is 0.321 e. The van der Waals surface area contributed by atoms with E-state index in [-0.39, 0.29) is 28.7 Å². The third-order valence-corrected chi connectivity index (χ3v) is 4.22. The Morgan fingerprint density at radius 1 is 1.38 bits per heavy atom. The summed E-state index contributed by atoms with van der Waals surface area (Å²) in [5.74, 6) is -0.781. The Bertz CT molecular complexity index is 796. The number of urea groups is 1. The molecule has 10 heteroatoms. The summed E-state index contributed by atoms with van der Waals surface area (Å²) in [6, 6.07) is 5.66. The summed E-state index contributed by atoms with van der Waals surface area (Å²) in [5.41, 5.74) is 0. The number of nitrogens with zero attached hydrogens (tertiary/aromatic N) is 2. The van der Waals surface area contributed by atoms with E-state index in [9.17, 15) is 14.0 Å². The number of aromatic nitrogens is 2. The first-order chi connectivity index (χ1) is 12.5. The van der Waals surface area contributed by atoms with Gasteiger partial charge >= 0.3 is 6.03 Å². The number of hydrogen-bond donors (Lipinski definition) is 2. The van der Waals surface area contributed by atoms with Crippen LogP contribution in [0.25, 0.3) is 0 Å². The molecule has 3 amide bonds. The average Bonchev–Trinajstić information content (AvgIpc) is 3.28. The molecule has 8 nitrogen and oxygen atoms in total. The fraction of sp³-hybridized carbons (Fsp3) is 0.375. The number of hydrogen-bond acceptors (Lipinski definition) is 7. The lowest BCUT2D eigenvalue weighted by Crippen LogP contribution is -2.41. The van der Waals surface area contributed by atoms with E-state index in [1.807, 2.05) is 0 Å². The number of para-hydroxylation sites is 1. The van der Waals surface area contributed by atoms with Gasteiger partial charge in [-0.3, -0.25) is 10.1 Å². The fourth-order valence-corrected chi connectivity index (χ4v) is 2.53. The minimum atomic E-state index is -0.660. The summed E-state index contributed by atoms with van der Waals surface area (Å²) in [5, 5.41) is 12.7. The van der Waals surface area contributed by atoms with Crippen LogP contribution in [0.15, 0.2) is 33.9 Å². The van der Waals surface area contributed by atoms with E-state index in [1.165, 1.54) is 12.1 Å². The SMILES string of the molecule is C[C@H](Oc1ccccc1F)c1nnc(SCC(=O)NC(=O)NC2CC2)o1. The summed E-state index contributed by atoms with van der Waals surface area (Å²) >= 11 is 0.991. The molecule has 1 heterocycles. The summed E-state index contributed by atoms with van der Waals surface area (Å²) in [6.07, 6.45) is 1.22. The van der Waals surface area contributed by atoms with Crippen LogP contribution in [0.1, 0.15) is 31.8 Å². The maximum absolute atomic E-state index is 13.6. The van der Waals surface area contributed by atoms with Crippen molar-refractivity contribution in [3.63, 3.8) is 0 Å². The van der Waals surface area contributed by atoms with Crippen LogP contribution < -0.4 is 15.4 Å². The highest BCUT2D eigenvalue weighted by Crippen LogP contribution is 2.25. The zero-order chi connectivity index (χ0) is 18.5. The Morgan fingerprint density at radius 3 is 2.88 bits per heavy atom. The van der Waals surface area contributed by atoms with Crippen LogP contribution in [-0.4, -0.2) is 33.9 Å². The number of thioether (sulfide) groups is 1. The van der Waals surface area contributed by atoms with Gasteiger partial charge in [0.2, 0.25) is 5.91 Å². The Balaban J connectivity index is 1.47. The minimum absolute atomic E-state index is 0.0533. The molecular formula is C16H17FN4O4S. The largest absolute Gasteiger partial charge is 0.478 e. The third kappa shape index (κ3) is 5.19. The van der Waals surface area contributed by atoms with Gasteiger partial charge in [-0.15, -0.1) is 10.2 Å². The summed E-state index contributed by atoms with van der Waals surface area (Å²) in [4.78, 5) is 23.2. The number of halogens is 1. The first kappa shape index (κ1) is 18.2. The van der Waals surface area contributed by atoms with E-state index in [4.69, 9.17) is 9.15 Å². The molecule has 1 fully saturated rings. The lowest BCUT2D eigenvalue weighted by Gasteiger charge is -2.11. The number of benzene rings is 1. The number of nitrogens with one attached hydrogen (secondary N) is 2. The summed E-state index contributed by atoms with van der Waals surface area (Å²) in [6.45, 7) is 1.64. The highest BCUT2D eigenvalue weighted by atomic mass is 32.2. The van der Waals surface area contributed by atoms with Crippen molar-refractivity contribution in [3.8, 4) is 5.75 Å². The second kappa shape index (κ2) is 8.17. The molecule has 2 aromatic rings. The molecule has 3 rings (SSSR count). The zero-order valence-electron chi connectivity index (χ0n) is 13.9. The molecule has 1 atom stereocenters. The van der Waals surface area contributed by atoms with Crippen LogP contribution in [0.4, 0.5) is 9.18 Å². The minimum Gasteiger partial charge on any atom is -0.478 e. The molecule has 1 aliphatic rings. The lowest BCUT2D eigenvalue weighted by molar-refractivity contribution is -0.117. The van der Waals surface area contributed by atoms with Crippen LogP contribution in [0.2, 0.25) is 0 Å². The Hall–Kier alpha value is -2.62. The van der Waals surface area contributed by atoms with Crippen molar-refractivity contribution in [2.24, 2.45) is 0 Å². The number of imide groups is 1. The van der Waals surface area contributed by atoms with Crippen LogP contribution in [0.3, 0.4) is 0 Å². The number of amides is 3. The number of carbonyl (C=O) groups excluding carboxylic acids is 2. The molecule has 0 unspecified atom stereocenters. The van der Waals surface area contributed by atoms with Gasteiger partial charge in [-0.1, -0.05) is 23.9 Å². The van der Waals surface area contributed by atoms with Crippen LogP contribution in [0.5, 0.6) is 5.75 Å². The highest BCUT2D eigenvalue weighted by molar-refractivity contribution is 7.99. The highest BCUT2D eigenvalue weighted by Gasteiger charge is 2.24. The van der Waals surface area contributed by atoms with Crippen LogP contribution in [0, 0.1) is 5.82 Å². The van der Waals surface area contributed by atoms with Crippen molar-refractivity contribution in [3.05, 3.63) is 36.0 Å². The monoisotopic (exact) mass is 380 g/mol. The van der Waals surface area contributed by atoms with E-state index < -0.39 is 23.9 Å². The molecule has 0 aliphatic heterocycles. The molecule has 0 bridgehead atoms. The first-order valence-electron chi connectivity index (χ1n) is 7.99. The van der Waals surface area contributed by atoms with Gasteiger partial charge in [0.15, 0.2) is 17.7 Å². The van der Waals surface area contributed by atoms with Gasteiger partial charge in [0.05, 0.1) is 5.75 Å². The van der Waals surface area contributed by atoms with Gasteiger partial charge in [-0.25, -0.2) is 9.18 Å². The second-order valence-electron chi connectivity index (χ2n) is 5.68. The molecule has 0 saturated heterocycles. The van der Waals surface area contributed by atoms with Crippen LogP contribution >= 0.6 is 11.8 Å². The molecule has 0 radical (unpaired) electrons. The van der Waals surface area contributed by atoms with E-state index in [0.29, 0.717) is 0 Å². The fourth-order valence-electron chi connectivity index (χ4n) is 1.96. The van der Waals surface area contributed by atoms with Crippen molar-refractivity contribution in [2.75, 3.05) is 5.75 Å². The van der Waals surface area contributed by atoms with Gasteiger partial charge in [0.1, 0.15) is 0 Å². The van der Waals surface area contributed by atoms with E-state index in [2.05, 4.69) is 20.8 Å². The van der Waals surface area contributed by atoms with Crippen LogP contribution in [-0.2, 0) is 4.79 Å². The molecule has 1 aromatic carbocycles. The van der Waals surface area contributed by atoms with Gasteiger partial charge in [0, 0.05) is 6.04 Å². The first-order valence-corrected chi connectivity index (χ1v) is 8.97. The Kier molecular flexibility index (Phi) is 5.71. The van der Waals surface area contributed by atoms with Gasteiger partial charge in [-0.05, 0) is 31.9 Å². The van der Waals surface area contributed by atoms with E-state index >= 15 is 0 Å². The van der Waals surface area contributed by atoms with Crippen molar-refractivity contribution in [1.29, 1.82) is 0 Å². The quantitative estimate of drug-likeness (QED) is 0.711.